The Bertz CT molecular complexity index is 554. The third-order valence-corrected chi connectivity index (χ3v) is 4.42. The topological polar surface area (TPSA) is 66.8 Å². The molecule has 0 aliphatic carbocycles. The third kappa shape index (κ3) is 3.40. The lowest BCUT2D eigenvalue weighted by atomic mass is 9.90. The van der Waals surface area contributed by atoms with Crippen LogP contribution >= 0.6 is 0 Å². The predicted molar refractivity (Wildman–Crippen MR) is 82.8 cm³/mol. The lowest BCUT2D eigenvalue weighted by molar-refractivity contribution is -0.147. The number of hydrogen-bond acceptors (Lipinski definition) is 3. The van der Waals surface area contributed by atoms with Gasteiger partial charge in [-0.05, 0) is 37.5 Å². The maximum Gasteiger partial charge on any atom is 0.311 e. The van der Waals surface area contributed by atoms with E-state index in [4.69, 9.17) is 4.74 Å². The standard InChI is InChI=1S/C17H23NO4/c1-12(10-13-4-6-14(22-3)7-5-13)15(19)18-9-8-17(2,11-18)16(20)21/h4-7,12H,8-11H2,1-3H3,(H,20,21)/t12-,17-/m1/s1. The predicted octanol–water partition coefficient (Wildman–Crippen LogP) is 2.20. The van der Waals surface area contributed by atoms with Gasteiger partial charge >= 0.3 is 5.97 Å². The van der Waals surface area contributed by atoms with Crippen LogP contribution in [0.4, 0.5) is 0 Å². The highest BCUT2D eigenvalue weighted by Gasteiger charge is 2.42. The number of rotatable bonds is 5. The number of carboxylic acid groups (broad SMARTS) is 1. The highest BCUT2D eigenvalue weighted by molar-refractivity contribution is 5.82. The number of aliphatic carboxylic acids is 1. The van der Waals surface area contributed by atoms with E-state index in [-0.39, 0.29) is 11.8 Å². The Hall–Kier alpha value is -2.04. The second-order valence-corrected chi connectivity index (χ2v) is 6.33. The van der Waals surface area contributed by atoms with Crippen LogP contribution in [0.1, 0.15) is 25.8 Å². The average molecular weight is 305 g/mol. The van der Waals surface area contributed by atoms with E-state index in [9.17, 15) is 14.7 Å². The number of carbonyl (C=O) groups excluding carboxylic acids is 1. The molecule has 1 amide bonds. The van der Waals surface area contributed by atoms with Gasteiger partial charge in [0.1, 0.15) is 5.75 Å². The van der Waals surface area contributed by atoms with Crippen LogP contribution in [-0.4, -0.2) is 42.1 Å². The van der Waals surface area contributed by atoms with E-state index in [1.807, 2.05) is 31.2 Å². The molecule has 1 aliphatic rings. The molecule has 5 heteroatoms. The van der Waals surface area contributed by atoms with Gasteiger partial charge in [-0.1, -0.05) is 19.1 Å². The van der Waals surface area contributed by atoms with Crippen molar-refractivity contribution in [3.05, 3.63) is 29.8 Å². The molecule has 2 atom stereocenters. The molecule has 0 unspecified atom stereocenters. The lowest BCUT2D eigenvalue weighted by Crippen LogP contribution is -2.37. The fourth-order valence-electron chi connectivity index (χ4n) is 2.84. The zero-order valence-corrected chi connectivity index (χ0v) is 13.3. The fraction of sp³-hybridized carbons (Fsp3) is 0.529. The molecule has 0 bridgehead atoms. The van der Waals surface area contributed by atoms with Crippen LogP contribution in [-0.2, 0) is 16.0 Å². The summed E-state index contributed by atoms with van der Waals surface area (Å²) in [7, 11) is 1.62. The molecular weight excluding hydrogens is 282 g/mol. The molecule has 1 aliphatic heterocycles. The summed E-state index contributed by atoms with van der Waals surface area (Å²) in [5.41, 5.74) is 0.261. The van der Waals surface area contributed by atoms with Crippen molar-refractivity contribution in [1.82, 2.24) is 4.90 Å². The van der Waals surface area contributed by atoms with Crippen molar-refractivity contribution in [1.29, 1.82) is 0 Å². The Labute approximate surface area is 130 Å². The van der Waals surface area contributed by atoms with Gasteiger partial charge in [-0.2, -0.15) is 0 Å². The Kier molecular flexibility index (Phi) is 4.74. The Morgan fingerprint density at radius 2 is 2.00 bits per heavy atom. The maximum absolute atomic E-state index is 12.5. The van der Waals surface area contributed by atoms with Crippen LogP contribution in [0.2, 0.25) is 0 Å². The van der Waals surface area contributed by atoms with Crippen LogP contribution in [0.3, 0.4) is 0 Å². The number of ether oxygens (including phenoxy) is 1. The highest BCUT2D eigenvalue weighted by Crippen LogP contribution is 2.31. The van der Waals surface area contributed by atoms with E-state index in [2.05, 4.69) is 0 Å². The van der Waals surface area contributed by atoms with Gasteiger partial charge in [0.25, 0.3) is 0 Å². The molecule has 0 aromatic heterocycles. The molecule has 0 saturated carbocycles. The summed E-state index contributed by atoms with van der Waals surface area (Å²) < 4.78 is 5.12. The van der Waals surface area contributed by atoms with E-state index < -0.39 is 11.4 Å². The Morgan fingerprint density at radius 3 is 2.50 bits per heavy atom. The highest BCUT2D eigenvalue weighted by atomic mass is 16.5. The second kappa shape index (κ2) is 6.38. The van der Waals surface area contributed by atoms with Crippen molar-refractivity contribution in [2.75, 3.05) is 20.2 Å². The van der Waals surface area contributed by atoms with Gasteiger partial charge in [0.2, 0.25) is 5.91 Å². The van der Waals surface area contributed by atoms with Crippen molar-refractivity contribution in [3.63, 3.8) is 0 Å². The number of amides is 1. The Morgan fingerprint density at radius 1 is 1.36 bits per heavy atom. The zero-order valence-electron chi connectivity index (χ0n) is 13.3. The van der Waals surface area contributed by atoms with Crippen LogP contribution in [0, 0.1) is 11.3 Å². The van der Waals surface area contributed by atoms with Gasteiger partial charge in [-0.3, -0.25) is 9.59 Å². The summed E-state index contributed by atoms with van der Waals surface area (Å²) >= 11 is 0. The van der Waals surface area contributed by atoms with Gasteiger partial charge in [-0.15, -0.1) is 0 Å². The number of methoxy groups -OCH3 is 1. The number of likely N-dealkylation sites (tertiary alicyclic amines) is 1. The van der Waals surface area contributed by atoms with E-state index in [1.165, 1.54) is 0 Å². The van der Waals surface area contributed by atoms with Gasteiger partial charge in [0, 0.05) is 19.0 Å². The molecule has 22 heavy (non-hydrogen) atoms. The van der Waals surface area contributed by atoms with Crippen molar-refractivity contribution >= 4 is 11.9 Å². The molecule has 1 N–H and O–H groups in total. The van der Waals surface area contributed by atoms with Crippen molar-refractivity contribution in [3.8, 4) is 5.75 Å². The molecule has 5 nitrogen and oxygen atoms in total. The van der Waals surface area contributed by atoms with Crippen molar-refractivity contribution < 1.29 is 19.4 Å². The summed E-state index contributed by atoms with van der Waals surface area (Å²) in [5.74, 6) is -0.171. The number of carbonyl (C=O) groups is 2. The third-order valence-electron chi connectivity index (χ3n) is 4.42. The van der Waals surface area contributed by atoms with Crippen LogP contribution < -0.4 is 4.74 Å². The molecule has 2 rings (SSSR count). The largest absolute Gasteiger partial charge is 0.497 e. The normalized spacial score (nSPS) is 22.4. The first-order valence-corrected chi connectivity index (χ1v) is 7.51. The smallest absolute Gasteiger partial charge is 0.311 e. The molecule has 1 fully saturated rings. The SMILES string of the molecule is COc1ccc(C[C@@H](C)C(=O)N2CC[C@@](C)(C(=O)O)C2)cc1. The average Bonchev–Trinajstić information content (AvgIpc) is 2.91. The first-order valence-electron chi connectivity index (χ1n) is 7.51. The molecular formula is C17H23NO4. The Balaban J connectivity index is 1.96. The first-order chi connectivity index (χ1) is 10.4. The quantitative estimate of drug-likeness (QED) is 0.905. The summed E-state index contributed by atoms with van der Waals surface area (Å²) in [6.07, 6.45) is 1.16. The lowest BCUT2D eigenvalue weighted by Gasteiger charge is -2.23. The van der Waals surface area contributed by atoms with Crippen molar-refractivity contribution in [2.45, 2.75) is 26.7 Å². The molecule has 0 spiro atoms. The molecule has 1 aromatic rings. The maximum atomic E-state index is 12.5. The van der Waals surface area contributed by atoms with E-state index in [1.54, 1.807) is 18.9 Å². The van der Waals surface area contributed by atoms with Gasteiger partial charge < -0.3 is 14.7 Å². The van der Waals surface area contributed by atoms with Gasteiger partial charge in [0.05, 0.1) is 12.5 Å². The zero-order chi connectivity index (χ0) is 16.3. The van der Waals surface area contributed by atoms with E-state index >= 15 is 0 Å². The number of carboxylic acids is 1. The van der Waals surface area contributed by atoms with Gasteiger partial charge in [0.15, 0.2) is 0 Å². The molecule has 1 heterocycles. The summed E-state index contributed by atoms with van der Waals surface area (Å²) in [5, 5.41) is 9.25. The van der Waals surface area contributed by atoms with Crippen LogP contribution in [0.5, 0.6) is 5.75 Å². The van der Waals surface area contributed by atoms with E-state index in [0.29, 0.717) is 25.9 Å². The monoisotopic (exact) mass is 305 g/mol. The minimum atomic E-state index is -0.828. The summed E-state index contributed by atoms with van der Waals surface area (Å²) in [4.78, 5) is 25.4. The minimum absolute atomic E-state index is 0.0285. The van der Waals surface area contributed by atoms with Gasteiger partial charge in [-0.25, -0.2) is 0 Å². The summed E-state index contributed by atoms with van der Waals surface area (Å²) in [6, 6.07) is 7.66. The molecule has 120 valence electrons. The van der Waals surface area contributed by atoms with Crippen molar-refractivity contribution in [2.24, 2.45) is 11.3 Å². The first kappa shape index (κ1) is 16.3. The summed E-state index contributed by atoms with van der Waals surface area (Å²) in [6.45, 7) is 4.42. The number of hydrogen-bond donors (Lipinski definition) is 1. The van der Waals surface area contributed by atoms with E-state index in [0.717, 1.165) is 11.3 Å². The molecule has 1 saturated heterocycles. The molecule has 0 radical (unpaired) electrons. The second-order valence-electron chi connectivity index (χ2n) is 6.33. The minimum Gasteiger partial charge on any atom is -0.497 e. The molecule has 1 aromatic carbocycles. The van der Waals surface area contributed by atoms with Crippen LogP contribution in [0.15, 0.2) is 24.3 Å². The van der Waals surface area contributed by atoms with Crippen LogP contribution in [0.25, 0.3) is 0 Å². The fourth-order valence-corrected chi connectivity index (χ4v) is 2.84. The number of benzene rings is 1. The number of nitrogens with zero attached hydrogens (tertiary/aromatic N) is 1.